The van der Waals surface area contributed by atoms with Gasteiger partial charge in [-0.1, -0.05) is 12.1 Å². The minimum absolute atomic E-state index is 0.217. The number of carbonyl (C=O) groups is 1. The van der Waals surface area contributed by atoms with Crippen molar-refractivity contribution in [3.8, 4) is 5.75 Å². The molecule has 0 amide bonds. The van der Waals surface area contributed by atoms with E-state index >= 15 is 0 Å². The molecule has 2 rings (SSSR count). The van der Waals surface area contributed by atoms with Crippen LogP contribution in [0.25, 0.3) is 5.57 Å². The third-order valence-corrected chi connectivity index (χ3v) is 2.51. The van der Waals surface area contributed by atoms with E-state index < -0.39 is 11.8 Å². The number of rotatable bonds is 2. The lowest BCUT2D eigenvalue weighted by Gasteiger charge is -2.20. The van der Waals surface area contributed by atoms with Crippen molar-refractivity contribution in [3.63, 3.8) is 0 Å². The van der Waals surface area contributed by atoms with Gasteiger partial charge in [0, 0.05) is 18.1 Å². The Hall–Kier alpha value is -1.84. The summed E-state index contributed by atoms with van der Waals surface area (Å²) in [5.41, 5.74) is 1.38. The molecule has 1 aliphatic rings. The van der Waals surface area contributed by atoms with Crippen LogP contribution in [-0.2, 0) is 9.53 Å². The van der Waals surface area contributed by atoms with E-state index in [9.17, 15) is 9.18 Å². The Kier molecular flexibility index (Phi) is 3.42. The second-order valence-corrected chi connectivity index (χ2v) is 3.64. The van der Waals surface area contributed by atoms with Crippen LogP contribution in [0.3, 0.4) is 0 Å². The van der Waals surface area contributed by atoms with Crippen LogP contribution in [0.4, 0.5) is 4.39 Å². The summed E-state index contributed by atoms with van der Waals surface area (Å²) in [4.78, 5) is 11.4. The summed E-state index contributed by atoms with van der Waals surface area (Å²) in [6.07, 6.45) is 1.99. The van der Waals surface area contributed by atoms with Gasteiger partial charge in [0.15, 0.2) is 11.6 Å². The summed E-state index contributed by atoms with van der Waals surface area (Å²) in [6.45, 7) is 2.45. The van der Waals surface area contributed by atoms with Crippen LogP contribution < -0.4 is 4.74 Å². The van der Waals surface area contributed by atoms with Crippen molar-refractivity contribution in [2.75, 3.05) is 13.2 Å². The van der Waals surface area contributed by atoms with Gasteiger partial charge in [0.2, 0.25) is 0 Å². The van der Waals surface area contributed by atoms with E-state index in [1.807, 2.05) is 0 Å². The number of para-hydroxylation sites is 1. The fraction of sp³-hybridized carbons (Fsp3) is 0.308. The smallest absolute Gasteiger partial charge is 0.331 e. The molecule has 0 radical (unpaired) electrons. The molecular formula is C13H13FO3. The second kappa shape index (κ2) is 4.99. The molecule has 0 N–H and O–H groups in total. The van der Waals surface area contributed by atoms with Crippen LogP contribution in [0.2, 0.25) is 0 Å². The van der Waals surface area contributed by atoms with Crippen molar-refractivity contribution >= 4 is 11.5 Å². The number of carbonyl (C=O) groups excluding carboxylic acids is 1. The Morgan fingerprint density at radius 3 is 3.18 bits per heavy atom. The molecule has 3 nitrogen and oxygen atoms in total. The zero-order valence-corrected chi connectivity index (χ0v) is 9.53. The highest BCUT2D eigenvalue weighted by atomic mass is 19.1. The highest BCUT2D eigenvalue weighted by molar-refractivity contribution is 5.92. The number of fused-ring (bicyclic) bond motifs is 1. The second-order valence-electron chi connectivity index (χ2n) is 3.64. The highest BCUT2D eigenvalue weighted by Crippen LogP contribution is 2.34. The van der Waals surface area contributed by atoms with Gasteiger partial charge in [-0.05, 0) is 18.6 Å². The third kappa shape index (κ3) is 2.46. The maximum absolute atomic E-state index is 13.5. The van der Waals surface area contributed by atoms with Gasteiger partial charge in [0.25, 0.3) is 0 Å². The number of esters is 1. The quantitative estimate of drug-likeness (QED) is 0.584. The van der Waals surface area contributed by atoms with Gasteiger partial charge < -0.3 is 9.47 Å². The summed E-state index contributed by atoms with van der Waals surface area (Å²) in [5, 5.41) is 0. The summed E-state index contributed by atoms with van der Waals surface area (Å²) >= 11 is 0. The fourth-order valence-electron chi connectivity index (χ4n) is 1.78. The van der Waals surface area contributed by atoms with E-state index in [-0.39, 0.29) is 5.75 Å². The minimum atomic E-state index is -0.406. The molecule has 0 atom stereocenters. The number of hydrogen-bond donors (Lipinski definition) is 0. The van der Waals surface area contributed by atoms with Crippen molar-refractivity contribution < 1.29 is 18.7 Å². The molecule has 0 spiro atoms. The Labute approximate surface area is 98.8 Å². The average Bonchev–Trinajstić information content (AvgIpc) is 2.31. The van der Waals surface area contributed by atoms with Gasteiger partial charge in [0.1, 0.15) is 0 Å². The van der Waals surface area contributed by atoms with Gasteiger partial charge in [0.05, 0.1) is 13.2 Å². The van der Waals surface area contributed by atoms with Gasteiger partial charge in [-0.15, -0.1) is 0 Å². The zero-order valence-electron chi connectivity index (χ0n) is 9.53. The highest BCUT2D eigenvalue weighted by Gasteiger charge is 2.19. The lowest BCUT2D eigenvalue weighted by molar-refractivity contribution is -0.137. The van der Waals surface area contributed by atoms with Crippen LogP contribution in [0.5, 0.6) is 5.75 Å². The van der Waals surface area contributed by atoms with Crippen molar-refractivity contribution in [1.82, 2.24) is 0 Å². The molecule has 0 bridgehead atoms. The molecule has 0 aromatic heterocycles. The maximum atomic E-state index is 13.5. The molecular weight excluding hydrogens is 223 g/mol. The van der Waals surface area contributed by atoms with Crippen molar-refractivity contribution in [2.45, 2.75) is 13.3 Å². The van der Waals surface area contributed by atoms with Crippen LogP contribution in [0, 0.1) is 5.82 Å². The maximum Gasteiger partial charge on any atom is 0.331 e. The number of ether oxygens (including phenoxy) is 2. The first-order valence-electron chi connectivity index (χ1n) is 5.51. The van der Waals surface area contributed by atoms with Crippen LogP contribution in [0.1, 0.15) is 18.9 Å². The van der Waals surface area contributed by atoms with Crippen molar-refractivity contribution in [3.05, 3.63) is 35.7 Å². The van der Waals surface area contributed by atoms with Crippen LogP contribution in [0.15, 0.2) is 24.3 Å². The summed E-state index contributed by atoms with van der Waals surface area (Å²) < 4.78 is 23.6. The standard InChI is InChI=1S/C13H13FO3/c1-2-16-12(15)8-9-6-7-17-13-10(9)4-3-5-11(13)14/h3-5,8H,2,6-7H2,1H3. The summed E-state index contributed by atoms with van der Waals surface area (Å²) in [6, 6.07) is 4.68. The number of hydrogen-bond acceptors (Lipinski definition) is 3. The van der Waals surface area contributed by atoms with E-state index in [1.165, 1.54) is 12.1 Å². The fourth-order valence-corrected chi connectivity index (χ4v) is 1.78. The molecule has 90 valence electrons. The van der Waals surface area contributed by atoms with Gasteiger partial charge in [-0.2, -0.15) is 0 Å². The Bertz CT molecular complexity index is 466. The largest absolute Gasteiger partial charge is 0.490 e. The molecule has 0 saturated heterocycles. The lowest BCUT2D eigenvalue weighted by atomic mass is 9.99. The Morgan fingerprint density at radius 2 is 2.41 bits per heavy atom. The summed E-state index contributed by atoms with van der Waals surface area (Å²) in [7, 11) is 0. The van der Waals surface area contributed by atoms with E-state index in [1.54, 1.807) is 19.1 Å². The monoisotopic (exact) mass is 236 g/mol. The lowest BCUT2D eigenvalue weighted by Crippen LogP contribution is -2.11. The van der Waals surface area contributed by atoms with Gasteiger partial charge in [-0.3, -0.25) is 0 Å². The van der Waals surface area contributed by atoms with Crippen molar-refractivity contribution in [1.29, 1.82) is 0 Å². The molecule has 1 heterocycles. The molecule has 0 saturated carbocycles. The molecule has 0 aliphatic carbocycles. The zero-order chi connectivity index (χ0) is 12.3. The average molecular weight is 236 g/mol. The Balaban J connectivity index is 2.35. The first kappa shape index (κ1) is 11.6. The first-order chi connectivity index (χ1) is 8.22. The first-order valence-corrected chi connectivity index (χ1v) is 5.51. The molecule has 0 fully saturated rings. The molecule has 0 unspecified atom stereocenters. The van der Waals surface area contributed by atoms with Gasteiger partial charge in [-0.25, -0.2) is 9.18 Å². The number of benzene rings is 1. The van der Waals surface area contributed by atoms with E-state index in [0.717, 1.165) is 5.57 Å². The van der Waals surface area contributed by atoms with E-state index in [2.05, 4.69) is 0 Å². The predicted octanol–water partition coefficient (Wildman–Crippen LogP) is 2.55. The summed E-state index contributed by atoms with van der Waals surface area (Å²) in [5.74, 6) is -0.592. The van der Waals surface area contributed by atoms with E-state index in [4.69, 9.17) is 9.47 Å². The Morgan fingerprint density at radius 1 is 1.59 bits per heavy atom. The van der Waals surface area contributed by atoms with Crippen LogP contribution in [-0.4, -0.2) is 19.2 Å². The van der Waals surface area contributed by atoms with Gasteiger partial charge >= 0.3 is 5.97 Å². The molecule has 1 aromatic rings. The third-order valence-electron chi connectivity index (χ3n) is 2.51. The normalized spacial score (nSPS) is 16.2. The topological polar surface area (TPSA) is 35.5 Å². The number of halogens is 1. The van der Waals surface area contributed by atoms with E-state index in [0.29, 0.717) is 25.2 Å². The van der Waals surface area contributed by atoms with Crippen molar-refractivity contribution in [2.24, 2.45) is 0 Å². The molecule has 1 aliphatic heterocycles. The van der Waals surface area contributed by atoms with Crippen LogP contribution >= 0.6 is 0 Å². The molecule has 17 heavy (non-hydrogen) atoms. The predicted molar refractivity (Wildman–Crippen MR) is 61.1 cm³/mol. The molecule has 1 aromatic carbocycles. The minimum Gasteiger partial charge on any atom is -0.490 e. The molecule has 4 heteroatoms. The SMILES string of the molecule is CCOC(=O)C=C1CCOc2c(F)cccc21.